The van der Waals surface area contributed by atoms with Gasteiger partial charge in [0.2, 0.25) is 0 Å². The van der Waals surface area contributed by atoms with Gasteiger partial charge in [0.25, 0.3) is 5.91 Å². The highest BCUT2D eigenvalue weighted by atomic mass is 16.4. The Balaban J connectivity index is 1.28. The third kappa shape index (κ3) is 5.58. The van der Waals surface area contributed by atoms with Crippen molar-refractivity contribution in [2.24, 2.45) is 11.3 Å². The first kappa shape index (κ1) is 24.0. The molecule has 3 aromatic rings. The summed E-state index contributed by atoms with van der Waals surface area (Å²) in [5.41, 5.74) is 4.19. The van der Waals surface area contributed by atoms with Crippen molar-refractivity contribution < 1.29 is 14.7 Å². The van der Waals surface area contributed by atoms with E-state index in [1.165, 1.54) is 18.4 Å². The largest absolute Gasteiger partial charge is 0.481 e. The minimum absolute atomic E-state index is 0.0951. The lowest BCUT2D eigenvalue weighted by Crippen LogP contribution is -2.38. The summed E-state index contributed by atoms with van der Waals surface area (Å²) in [7, 11) is 0. The number of carboxylic acid groups (broad SMARTS) is 1. The molecule has 0 aliphatic heterocycles. The predicted octanol–water partition coefficient (Wildman–Crippen LogP) is 4.94. The van der Waals surface area contributed by atoms with Crippen LogP contribution in [0.2, 0.25) is 0 Å². The first-order valence-electron chi connectivity index (χ1n) is 12.6. The molecule has 2 aliphatic rings. The number of carbonyl (C=O) groups excluding carboxylic acids is 1. The van der Waals surface area contributed by atoms with Crippen LogP contribution < -0.4 is 10.6 Å². The van der Waals surface area contributed by atoms with Crippen LogP contribution in [0.25, 0.3) is 5.82 Å². The summed E-state index contributed by atoms with van der Waals surface area (Å²) in [5, 5.41) is 19.6. The summed E-state index contributed by atoms with van der Waals surface area (Å²) in [6.07, 6.45) is 10.5. The number of rotatable bonds is 10. The van der Waals surface area contributed by atoms with Crippen LogP contribution in [0.3, 0.4) is 0 Å². The number of hydrogen-bond donors (Lipinski definition) is 3. The summed E-state index contributed by atoms with van der Waals surface area (Å²) < 4.78 is 1.84. The van der Waals surface area contributed by atoms with Gasteiger partial charge in [-0.15, -0.1) is 0 Å². The van der Waals surface area contributed by atoms with Crippen LogP contribution in [-0.4, -0.2) is 38.3 Å². The summed E-state index contributed by atoms with van der Waals surface area (Å²) in [4.78, 5) is 27.7. The lowest BCUT2D eigenvalue weighted by molar-refractivity contribution is -0.136. The molecule has 8 nitrogen and oxygen atoms in total. The van der Waals surface area contributed by atoms with Gasteiger partial charge in [0.05, 0.1) is 30.5 Å². The van der Waals surface area contributed by atoms with Crippen molar-refractivity contribution in [2.45, 2.75) is 57.9 Å². The molecule has 1 aromatic carbocycles. The van der Waals surface area contributed by atoms with Gasteiger partial charge in [-0.25, -0.2) is 9.67 Å². The third-order valence-corrected chi connectivity index (χ3v) is 7.21. The molecule has 36 heavy (non-hydrogen) atoms. The smallest absolute Gasteiger partial charge is 0.305 e. The van der Waals surface area contributed by atoms with E-state index in [9.17, 15) is 9.59 Å². The van der Waals surface area contributed by atoms with Gasteiger partial charge in [-0.2, -0.15) is 5.10 Å². The van der Waals surface area contributed by atoms with Gasteiger partial charge in [-0.3, -0.25) is 9.59 Å². The summed E-state index contributed by atoms with van der Waals surface area (Å²) in [6.45, 7) is 4.70. The van der Waals surface area contributed by atoms with Gasteiger partial charge in [-0.1, -0.05) is 26.0 Å². The Morgan fingerprint density at radius 3 is 2.47 bits per heavy atom. The monoisotopic (exact) mass is 487 g/mol. The number of amides is 1. The van der Waals surface area contributed by atoms with Crippen LogP contribution in [0.15, 0.2) is 55.0 Å². The number of anilines is 1. The maximum atomic E-state index is 12.3. The van der Waals surface area contributed by atoms with E-state index < -0.39 is 5.97 Å². The quantitative estimate of drug-likeness (QED) is 0.374. The Morgan fingerprint density at radius 1 is 1.11 bits per heavy atom. The van der Waals surface area contributed by atoms with Crippen LogP contribution in [-0.2, 0) is 4.79 Å². The summed E-state index contributed by atoms with van der Waals surface area (Å²) >= 11 is 0. The fraction of sp³-hybridized carbons (Fsp3) is 0.429. The van der Waals surface area contributed by atoms with Crippen LogP contribution >= 0.6 is 0 Å². The SMILES string of the molecule is CC1(C)CC([C@@H](Nc2ccc(-n3cc(C4CC4)cn3)nc2)c2ccc(C(=O)NCCC(=O)O)cc2)C1. The zero-order valence-corrected chi connectivity index (χ0v) is 20.8. The zero-order chi connectivity index (χ0) is 25.3. The number of carboxylic acids is 1. The van der Waals surface area contributed by atoms with Crippen molar-refractivity contribution >= 4 is 17.6 Å². The molecular formula is C28H33N5O3. The molecule has 2 saturated carbocycles. The number of nitrogens with zero attached hydrogens (tertiary/aromatic N) is 3. The lowest BCUT2D eigenvalue weighted by atomic mass is 9.61. The Labute approximate surface area is 211 Å². The Bertz CT molecular complexity index is 1220. The Hall–Kier alpha value is -3.68. The van der Waals surface area contributed by atoms with Gasteiger partial charge in [0.1, 0.15) is 0 Å². The average Bonchev–Trinajstić information content (AvgIpc) is 3.58. The number of pyridine rings is 1. The molecule has 3 N–H and O–H groups in total. The minimum atomic E-state index is -0.932. The zero-order valence-electron chi connectivity index (χ0n) is 20.8. The third-order valence-electron chi connectivity index (χ3n) is 7.21. The standard InChI is InChI=1S/C28H33N5O3/c1-28(2)13-21(14-28)26(19-5-7-20(8-6-19)27(36)29-12-11-25(34)35)32-23-9-10-24(30-16-23)33-17-22(15-31-33)18-3-4-18/h5-10,15-18,21,26,32H,3-4,11-14H2,1-2H3,(H,29,36)(H,34,35)/t26-/m0/s1. The van der Waals surface area contributed by atoms with E-state index in [2.05, 4.69) is 40.8 Å². The average molecular weight is 488 g/mol. The molecule has 0 saturated heterocycles. The number of hydrogen-bond acceptors (Lipinski definition) is 5. The van der Waals surface area contributed by atoms with Crippen molar-refractivity contribution in [1.82, 2.24) is 20.1 Å². The van der Waals surface area contributed by atoms with Crippen LogP contribution in [0.4, 0.5) is 5.69 Å². The number of carbonyl (C=O) groups is 2. The van der Waals surface area contributed by atoms with Crippen molar-refractivity contribution in [1.29, 1.82) is 0 Å². The molecule has 0 unspecified atom stereocenters. The number of nitrogens with one attached hydrogen (secondary N) is 2. The normalized spacial score (nSPS) is 17.7. The second-order valence-electron chi connectivity index (χ2n) is 10.9. The molecule has 1 atom stereocenters. The highest BCUT2D eigenvalue weighted by Crippen LogP contribution is 2.51. The fourth-order valence-electron chi connectivity index (χ4n) is 5.17. The molecule has 2 heterocycles. The van der Waals surface area contributed by atoms with Crippen molar-refractivity contribution in [3.63, 3.8) is 0 Å². The Kier molecular flexibility index (Phi) is 6.51. The number of aliphatic carboxylic acids is 1. The second kappa shape index (κ2) is 9.76. The highest BCUT2D eigenvalue weighted by molar-refractivity contribution is 5.94. The molecular weight excluding hydrogens is 454 g/mol. The molecule has 8 heteroatoms. The van der Waals surface area contributed by atoms with Gasteiger partial charge in [-0.05, 0) is 78.3 Å². The summed E-state index contributed by atoms with van der Waals surface area (Å²) in [6, 6.07) is 11.7. The Morgan fingerprint density at radius 2 is 1.86 bits per heavy atom. The molecule has 2 aliphatic carbocycles. The van der Waals surface area contributed by atoms with Crippen molar-refractivity contribution in [3.05, 3.63) is 71.7 Å². The first-order valence-corrected chi connectivity index (χ1v) is 12.6. The molecule has 2 fully saturated rings. The van der Waals surface area contributed by atoms with Crippen molar-refractivity contribution in [3.8, 4) is 5.82 Å². The van der Waals surface area contributed by atoms with Crippen LogP contribution in [0.5, 0.6) is 0 Å². The van der Waals surface area contributed by atoms with Crippen molar-refractivity contribution in [2.75, 3.05) is 11.9 Å². The van der Waals surface area contributed by atoms with E-state index in [0.717, 1.165) is 29.9 Å². The maximum Gasteiger partial charge on any atom is 0.305 e. The van der Waals surface area contributed by atoms with E-state index in [1.54, 1.807) is 12.1 Å². The number of aromatic nitrogens is 3. The fourth-order valence-corrected chi connectivity index (χ4v) is 5.17. The van der Waals surface area contributed by atoms with Gasteiger partial charge in [0, 0.05) is 18.3 Å². The first-order chi connectivity index (χ1) is 17.3. The van der Waals surface area contributed by atoms with Crippen LogP contribution in [0, 0.1) is 11.3 Å². The molecule has 0 radical (unpaired) electrons. The van der Waals surface area contributed by atoms with E-state index in [1.807, 2.05) is 41.3 Å². The van der Waals surface area contributed by atoms with E-state index in [-0.39, 0.29) is 24.9 Å². The topological polar surface area (TPSA) is 109 Å². The molecule has 5 rings (SSSR count). The molecule has 1 amide bonds. The number of benzene rings is 1. The predicted molar refractivity (Wildman–Crippen MR) is 137 cm³/mol. The highest BCUT2D eigenvalue weighted by Gasteiger charge is 2.41. The second-order valence-corrected chi connectivity index (χ2v) is 10.9. The van der Waals surface area contributed by atoms with E-state index in [4.69, 9.17) is 5.11 Å². The molecule has 0 spiro atoms. The van der Waals surface area contributed by atoms with E-state index in [0.29, 0.717) is 22.8 Å². The summed E-state index contributed by atoms with van der Waals surface area (Å²) in [5.74, 6) is 0.738. The van der Waals surface area contributed by atoms with Gasteiger partial charge >= 0.3 is 5.97 Å². The van der Waals surface area contributed by atoms with Gasteiger partial charge in [0.15, 0.2) is 5.82 Å². The van der Waals surface area contributed by atoms with Gasteiger partial charge < -0.3 is 15.7 Å². The maximum absolute atomic E-state index is 12.3. The van der Waals surface area contributed by atoms with Crippen LogP contribution in [0.1, 0.15) is 79.4 Å². The molecule has 2 aromatic heterocycles. The van der Waals surface area contributed by atoms with E-state index >= 15 is 0 Å². The molecule has 0 bridgehead atoms. The molecule has 188 valence electrons. The lowest BCUT2D eigenvalue weighted by Gasteiger charge is -2.47. The minimum Gasteiger partial charge on any atom is -0.481 e.